The van der Waals surface area contributed by atoms with E-state index in [0.717, 1.165) is 24.7 Å². The lowest BCUT2D eigenvalue weighted by Gasteiger charge is -2.26. The molecule has 6 heteroatoms. The lowest BCUT2D eigenvalue weighted by atomic mass is 9.86. The molecule has 0 radical (unpaired) electrons. The van der Waals surface area contributed by atoms with Gasteiger partial charge < -0.3 is 10.2 Å². The number of benzene rings is 1. The van der Waals surface area contributed by atoms with E-state index in [2.05, 4.69) is 51.5 Å². The molecule has 1 aromatic heterocycles. The second-order valence-corrected chi connectivity index (χ2v) is 7.56. The van der Waals surface area contributed by atoms with Crippen LogP contribution in [0, 0.1) is 5.41 Å². The molecule has 2 heterocycles. The van der Waals surface area contributed by atoms with Gasteiger partial charge >= 0.3 is 0 Å². The molecular weight excluding hydrogens is 324 g/mol. The van der Waals surface area contributed by atoms with Gasteiger partial charge in [-0.15, -0.1) is 0 Å². The highest BCUT2D eigenvalue weighted by Gasteiger charge is 2.41. The first kappa shape index (κ1) is 17.1. The summed E-state index contributed by atoms with van der Waals surface area (Å²) >= 11 is 0. The van der Waals surface area contributed by atoms with Crippen LogP contribution in [-0.2, 0) is 6.54 Å². The van der Waals surface area contributed by atoms with Gasteiger partial charge in [-0.2, -0.15) is 5.10 Å². The van der Waals surface area contributed by atoms with Crippen LogP contribution in [-0.4, -0.2) is 45.3 Å². The largest absolute Gasteiger partial charge is 0.357 e. The maximum absolute atomic E-state index is 4.91. The van der Waals surface area contributed by atoms with Crippen molar-refractivity contribution in [2.45, 2.75) is 45.6 Å². The lowest BCUT2D eigenvalue weighted by molar-refractivity contribution is 0.309. The molecule has 26 heavy (non-hydrogen) atoms. The molecule has 4 rings (SSSR count). The summed E-state index contributed by atoms with van der Waals surface area (Å²) in [6.07, 6.45) is 10.2. The van der Waals surface area contributed by atoms with Crippen molar-refractivity contribution in [2.75, 3.05) is 19.6 Å². The zero-order valence-electron chi connectivity index (χ0n) is 15.6. The van der Waals surface area contributed by atoms with Crippen LogP contribution < -0.4 is 5.32 Å². The van der Waals surface area contributed by atoms with E-state index in [4.69, 9.17) is 4.99 Å². The standard InChI is InChI=1S/C20H28N6/c1-2-22-19(25-12-11-20(14-25)9-3-4-10-20)23-13-17-5-7-18(8-6-17)26-16-21-15-24-26/h5-8,15-16H,2-4,9-14H2,1H3,(H,22,23). The molecular formula is C20H28N6. The second kappa shape index (κ2) is 7.48. The summed E-state index contributed by atoms with van der Waals surface area (Å²) in [6.45, 7) is 6.06. The summed E-state index contributed by atoms with van der Waals surface area (Å²) in [6, 6.07) is 8.37. The summed E-state index contributed by atoms with van der Waals surface area (Å²) in [5.74, 6) is 1.07. The number of hydrogen-bond acceptors (Lipinski definition) is 3. The Morgan fingerprint density at radius 2 is 2.00 bits per heavy atom. The fraction of sp³-hybridized carbons (Fsp3) is 0.550. The number of nitrogens with zero attached hydrogens (tertiary/aromatic N) is 5. The van der Waals surface area contributed by atoms with Crippen molar-refractivity contribution >= 4 is 5.96 Å². The van der Waals surface area contributed by atoms with Gasteiger partial charge in [0.25, 0.3) is 0 Å². The van der Waals surface area contributed by atoms with E-state index < -0.39 is 0 Å². The van der Waals surface area contributed by atoms with Gasteiger partial charge in [0.1, 0.15) is 12.7 Å². The van der Waals surface area contributed by atoms with Gasteiger partial charge in [0.2, 0.25) is 0 Å². The van der Waals surface area contributed by atoms with Crippen LogP contribution in [0.1, 0.15) is 44.6 Å². The second-order valence-electron chi connectivity index (χ2n) is 7.56. The highest BCUT2D eigenvalue weighted by molar-refractivity contribution is 5.80. The molecule has 1 N–H and O–H groups in total. The Morgan fingerprint density at radius 1 is 1.19 bits per heavy atom. The number of nitrogens with one attached hydrogen (secondary N) is 1. The minimum atomic E-state index is 0.565. The van der Waals surface area contributed by atoms with E-state index in [1.54, 1.807) is 17.3 Å². The number of hydrogen-bond donors (Lipinski definition) is 1. The van der Waals surface area contributed by atoms with E-state index in [1.165, 1.54) is 44.2 Å². The van der Waals surface area contributed by atoms with Crippen LogP contribution in [0.3, 0.4) is 0 Å². The first-order valence-electron chi connectivity index (χ1n) is 9.75. The van der Waals surface area contributed by atoms with Gasteiger partial charge in [0.15, 0.2) is 5.96 Å². The predicted molar refractivity (Wildman–Crippen MR) is 103 cm³/mol. The van der Waals surface area contributed by atoms with Gasteiger partial charge in [-0.05, 0) is 49.3 Å². The molecule has 0 bridgehead atoms. The zero-order valence-corrected chi connectivity index (χ0v) is 15.6. The lowest BCUT2D eigenvalue weighted by Crippen LogP contribution is -2.41. The van der Waals surface area contributed by atoms with Gasteiger partial charge in [0, 0.05) is 19.6 Å². The highest BCUT2D eigenvalue weighted by atomic mass is 15.3. The Balaban J connectivity index is 1.43. The Morgan fingerprint density at radius 3 is 2.69 bits per heavy atom. The van der Waals surface area contributed by atoms with E-state index in [0.29, 0.717) is 12.0 Å². The SMILES string of the molecule is CCNC(=NCc1ccc(-n2cncn2)cc1)N1CCC2(CCCC2)C1. The zero-order chi connectivity index (χ0) is 17.8. The van der Waals surface area contributed by atoms with Crippen molar-refractivity contribution < 1.29 is 0 Å². The summed E-state index contributed by atoms with van der Waals surface area (Å²) in [5, 5.41) is 7.65. The number of rotatable bonds is 4. The molecule has 0 atom stereocenters. The Labute approximate surface area is 155 Å². The van der Waals surface area contributed by atoms with Crippen molar-refractivity contribution in [3.8, 4) is 5.69 Å². The normalized spacial score (nSPS) is 19.4. The summed E-state index contributed by atoms with van der Waals surface area (Å²) in [4.78, 5) is 11.4. The smallest absolute Gasteiger partial charge is 0.194 e. The van der Waals surface area contributed by atoms with Crippen LogP contribution >= 0.6 is 0 Å². The maximum Gasteiger partial charge on any atom is 0.194 e. The third kappa shape index (κ3) is 3.59. The number of likely N-dealkylation sites (tertiary alicyclic amines) is 1. The average molecular weight is 352 g/mol. The molecule has 1 saturated heterocycles. The third-order valence-electron chi connectivity index (χ3n) is 5.77. The molecule has 1 aliphatic carbocycles. The van der Waals surface area contributed by atoms with Gasteiger partial charge in [0.05, 0.1) is 12.2 Å². The van der Waals surface area contributed by atoms with E-state index in [9.17, 15) is 0 Å². The van der Waals surface area contributed by atoms with Crippen LogP contribution in [0.5, 0.6) is 0 Å². The van der Waals surface area contributed by atoms with E-state index in [1.807, 2.05) is 0 Å². The topological polar surface area (TPSA) is 58.3 Å². The maximum atomic E-state index is 4.91. The first-order chi connectivity index (χ1) is 12.8. The molecule has 2 aliphatic rings. The van der Waals surface area contributed by atoms with Gasteiger partial charge in [-0.25, -0.2) is 14.7 Å². The molecule has 0 unspecified atom stereocenters. The van der Waals surface area contributed by atoms with Crippen molar-refractivity contribution in [3.63, 3.8) is 0 Å². The van der Waals surface area contributed by atoms with Crippen LogP contribution in [0.4, 0.5) is 0 Å². The molecule has 138 valence electrons. The number of guanidine groups is 1. The molecule has 2 aromatic rings. The highest BCUT2D eigenvalue weighted by Crippen LogP contribution is 2.45. The van der Waals surface area contributed by atoms with Crippen LogP contribution in [0.15, 0.2) is 41.9 Å². The van der Waals surface area contributed by atoms with Crippen LogP contribution in [0.25, 0.3) is 5.69 Å². The number of aromatic nitrogens is 3. The van der Waals surface area contributed by atoms with Gasteiger partial charge in [-0.3, -0.25) is 0 Å². The minimum absolute atomic E-state index is 0.565. The fourth-order valence-corrected chi connectivity index (χ4v) is 4.34. The molecule has 6 nitrogen and oxygen atoms in total. The van der Waals surface area contributed by atoms with Crippen LogP contribution in [0.2, 0.25) is 0 Å². The molecule has 1 aliphatic heterocycles. The third-order valence-corrected chi connectivity index (χ3v) is 5.77. The average Bonchev–Trinajstić information content (AvgIpc) is 3.43. The molecule has 0 amide bonds. The summed E-state index contributed by atoms with van der Waals surface area (Å²) in [7, 11) is 0. The Bertz CT molecular complexity index is 728. The van der Waals surface area contributed by atoms with Crippen molar-refractivity contribution in [1.82, 2.24) is 25.0 Å². The van der Waals surface area contributed by atoms with E-state index >= 15 is 0 Å². The summed E-state index contributed by atoms with van der Waals surface area (Å²) in [5.41, 5.74) is 2.79. The quantitative estimate of drug-likeness (QED) is 0.679. The predicted octanol–water partition coefficient (Wildman–Crippen LogP) is 3.00. The monoisotopic (exact) mass is 352 g/mol. The first-order valence-corrected chi connectivity index (χ1v) is 9.75. The molecule has 1 saturated carbocycles. The Kier molecular flexibility index (Phi) is 4.91. The van der Waals surface area contributed by atoms with Crippen molar-refractivity contribution in [1.29, 1.82) is 0 Å². The Hall–Kier alpha value is -2.37. The van der Waals surface area contributed by atoms with E-state index in [-0.39, 0.29) is 0 Å². The number of aliphatic imine (C=N–C) groups is 1. The fourth-order valence-electron chi connectivity index (χ4n) is 4.34. The summed E-state index contributed by atoms with van der Waals surface area (Å²) < 4.78 is 1.77. The molecule has 1 spiro atoms. The van der Waals surface area contributed by atoms with Crippen molar-refractivity contribution in [2.24, 2.45) is 10.4 Å². The minimum Gasteiger partial charge on any atom is -0.357 e. The van der Waals surface area contributed by atoms with Gasteiger partial charge in [-0.1, -0.05) is 25.0 Å². The van der Waals surface area contributed by atoms with Crippen molar-refractivity contribution in [3.05, 3.63) is 42.5 Å². The molecule has 1 aromatic carbocycles. The molecule has 2 fully saturated rings.